The van der Waals surface area contributed by atoms with Gasteiger partial charge in [0.25, 0.3) is 0 Å². The van der Waals surface area contributed by atoms with Crippen molar-refractivity contribution in [2.45, 2.75) is 37.5 Å². The van der Waals surface area contributed by atoms with Crippen molar-refractivity contribution in [3.05, 3.63) is 59.7 Å². The van der Waals surface area contributed by atoms with Crippen molar-refractivity contribution in [2.75, 3.05) is 19.7 Å². The standard InChI is InChI=1S/C21H25FN2O4S/c1-16-6-4-7-18(23-16)8-5-15-28-21(25)17-11-13-24(14-12-17)29(26,27)20-10-3-2-9-19(20)22/h2-4,6-7,9-10,17H,5,8,11-15H2,1H3. The molecule has 0 radical (unpaired) electrons. The van der Waals surface area contributed by atoms with Gasteiger partial charge in [0.2, 0.25) is 10.0 Å². The molecule has 1 aliphatic heterocycles. The predicted octanol–water partition coefficient (Wildman–Crippen LogP) is 3.11. The smallest absolute Gasteiger partial charge is 0.309 e. The van der Waals surface area contributed by atoms with E-state index in [1.54, 1.807) is 0 Å². The third-order valence-corrected chi connectivity index (χ3v) is 6.94. The molecule has 29 heavy (non-hydrogen) atoms. The van der Waals surface area contributed by atoms with E-state index in [1.165, 1.54) is 22.5 Å². The summed E-state index contributed by atoms with van der Waals surface area (Å²) in [5.74, 6) is -1.40. The Morgan fingerprint density at radius 1 is 1.17 bits per heavy atom. The SMILES string of the molecule is Cc1cccc(CCCOC(=O)C2CCN(S(=O)(=O)c3ccccc3F)CC2)n1. The number of aryl methyl sites for hydroxylation is 2. The number of benzene rings is 1. The number of carbonyl (C=O) groups is 1. The van der Waals surface area contributed by atoms with Crippen LogP contribution in [0.5, 0.6) is 0 Å². The highest BCUT2D eigenvalue weighted by molar-refractivity contribution is 7.89. The number of pyridine rings is 1. The molecule has 0 spiro atoms. The Hall–Kier alpha value is -2.32. The lowest BCUT2D eigenvalue weighted by molar-refractivity contribution is -0.149. The zero-order valence-electron chi connectivity index (χ0n) is 16.4. The number of sulfonamides is 1. The number of carbonyl (C=O) groups excluding carboxylic acids is 1. The van der Waals surface area contributed by atoms with Crippen molar-refractivity contribution < 1.29 is 22.3 Å². The summed E-state index contributed by atoms with van der Waals surface area (Å²) in [7, 11) is -3.90. The fraction of sp³-hybridized carbons (Fsp3) is 0.429. The average molecular weight is 421 g/mol. The van der Waals surface area contributed by atoms with Crippen molar-refractivity contribution in [3.63, 3.8) is 0 Å². The van der Waals surface area contributed by atoms with Gasteiger partial charge in [0.05, 0.1) is 12.5 Å². The van der Waals surface area contributed by atoms with Crippen LogP contribution in [0.25, 0.3) is 0 Å². The fourth-order valence-corrected chi connectivity index (χ4v) is 4.94. The Morgan fingerprint density at radius 3 is 2.59 bits per heavy atom. The van der Waals surface area contributed by atoms with Gasteiger partial charge >= 0.3 is 5.97 Å². The van der Waals surface area contributed by atoms with Crippen LogP contribution in [-0.4, -0.2) is 43.4 Å². The second-order valence-corrected chi connectivity index (χ2v) is 9.06. The highest BCUT2D eigenvalue weighted by Gasteiger charge is 2.33. The summed E-state index contributed by atoms with van der Waals surface area (Å²) in [4.78, 5) is 16.4. The number of esters is 1. The molecule has 0 N–H and O–H groups in total. The van der Waals surface area contributed by atoms with Crippen LogP contribution in [0.4, 0.5) is 4.39 Å². The van der Waals surface area contributed by atoms with Gasteiger partial charge in [0.1, 0.15) is 10.7 Å². The number of hydrogen-bond donors (Lipinski definition) is 0. The molecule has 8 heteroatoms. The first-order chi connectivity index (χ1) is 13.9. The lowest BCUT2D eigenvalue weighted by atomic mass is 9.98. The van der Waals surface area contributed by atoms with E-state index in [4.69, 9.17) is 4.74 Å². The van der Waals surface area contributed by atoms with Crippen LogP contribution in [0.15, 0.2) is 47.4 Å². The highest BCUT2D eigenvalue weighted by atomic mass is 32.2. The van der Waals surface area contributed by atoms with E-state index >= 15 is 0 Å². The van der Waals surface area contributed by atoms with E-state index in [1.807, 2.05) is 25.1 Å². The minimum Gasteiger partial charge on any atom is -0.465 e. The Bertz CT molecular complexity index is 957. The maximum atomic E-state index is 13.9. The fourth-order valence-electron chi connectivity index (χ4n) is 3.41. The van der Waals surface area contributed by atoms with Crippen LogP contribution < -0.4 is 0 Å². The summed E-state index contributed by atoms with van der Waals surface area (Å²) in [6.45, 7) is 2.58. The summed E-state index contributed by atoms with van der Waals surface area (Å²) >= 11 is 0. The summed E-state index contributed by atoms with van der Waals surface area (Å²) in [6, 6.07) is 11.2. The predicted molar refractivity (Wildman–Crippen MR) is 106 cm³/mol. The molecule has 2 aromatic rings. The number of hydrogen-bond acceptors (Lipinski definition) is 5. The zero-order valence-corrected chi connectivity index (χ0v) is 17.2. The van der Waals surface area contributed by atoms with Crippen LogP contribution >= 0.6 is 0 Å². The normalized spacial score (nSPS) is 15.9. The minimum atomic E-state index is -3.90. The molecule has 0 amide bonds. The molecule has 0 atom stereocenters. The molecular formula is C21H25FN2O4S. The van der Waals surface area contributed by atoms with E-state index in [9.17, 15) is 17.6 Å². The third kappa shape index (κ3) is 5.39. The molecule has 6 nitrogen and oxygen atoms in total. The van der Waals surface area contributed by atoms with Crippen molar-refractivity contribution >= 4 is 16.0 Å². The first-order valence-electron chi connectivity index (χ1n) is 9.72. The Balaban J connectivity index is 1.45. The van der Waals surface area contributed by atoms with E-state index in [0.717, 1.165) is 23.9 Å². The first kappa shape index (κ1) is 21.4. The van der Waals surface area contributed by atoms with Gasteiger partial charge in [0.15, 0.2) is 0 Å². The van der Waals surface area contributed by atoms with Crippen LogP contribution in [0.3, 0.4) is 0 Å². The molecule has 3 rings (SSSR count). The Kier molecular flexibility index (Phi) is 6.97. The minimum absolute atomic E-state index is 0.170. The van der Waals surface area contributed by atoms with Gasteiger partial charge in [-0.2, -0.15) is 4.31 Å². The number of nitrogens with zero attached hydrogens (tertiary/aromatic N) is 2. The first-order valence-corrected chi connectivity index (χ1v) is 11.2. The topological polar surface area (TPSA) is 76.6 Å². The molecule has 1 aromatic carbocycles. The molecule has 0 aliphatic carbocycles. The molecule has 1 saturated heterocycles. The summed E-state index contributed by atoms with van der Waals surface area (Å²) in [5.41, 5.74) is 1.92. The molecule has 156 valence electrons. The lowest BCUT2D eigenvalue weighted by Gasteiger charge is -2.30. The van der Waals surface area contributed by atoms with Crippen molar-refractivity contribution in [1.82, 2.24) is 9.29 Å². The van der Waals surface area contributed by atoms with E-state index < -0.39 is 15.8 Å². The summed E-state index contributed by atoms with van der Waals surface area (Å²) in [5, 5.41) is 0. The van der Waals surface area contributed by atoms with Gasteiger partial charge in [-0.3, -0.25) is 9.78 Å². The van der Waals surface area contributed by atoms with Crippen molar-refractivity contribution in [2.24, 2.45) is 5.92 Å². The second-order valence-electron chi connectivity index (χ2n) is 7.15. The summed E-state index contributed by atoms with van der Waals surface area (Å²) < 4.78 is 45.7. The van der Waals surface area contributed by atoms with Gasteiger partial charge in [-0.25, -0.2) is 12.8 Å². The monoisotopic (exact) mass is 420 g/mol. The van der Waals surface area contributed by atoms with Crippen molar-refractivity contribution in [3.8, 4) is 0 Å². The number of piperidine rings is 1. The van der Waals surface area contributed by atoms with Crippen LogP contribution in [0.1, 0.15) is 30.7 Å². The Morgan fingerprint density at radius 2 is 1.90 bits per heavy atom. The van der Waals surface area contributed by atoms with Crippen molar-refractivity contribution in [1.29, 1.82) is 0 Å². The van der Waals surface area contributed by atoms with Gasteiger partial charge in [-0.15, -0.1) is 0 Å². The zero-order chi connectivity index (χ0) is 20.9. The molecule has 0 unspecified atom stereocenters. The summed E-state index contributed by atoms with van der Waals surface area (Å²) in [6.07, 6.45) is 2.15. The molecule has 0 saturated carbocycles. The molecular weight excluding hydrogens is 395 g/mol. The highest BCUT2D eigenvalue weighted by Crippen LogP contribution is 2.26. The molecule has 2 heterocycles. The largest absolute Gasteiger partial charge is 0.465 e. The number of rotatable bonds is 7. The molecule has 1 aromatic heterocycles. The van der Waals surface area contributed by atoms with Crippen LogP contribution in [0.2, 0.25) is 0 Å². The van der Waals surface area contributed by atoms with Gasteiger partial charge in [0, 0.05) is 24.5 Å². The van der Waals surface area contributed by atoms with E-state index in [-0.39, 0.29) is 29.9 Å². The van der Waals surface area contributed by atoms with Gasteiger partial charge < -0.3 is 4.74 Å². The van der Waals surface area contributed by atoms with Crippen LogP contribution in [0, 0.1) is 18.7 Å². The van der Waals surface area contributed by atoms with E-state index in [2.05, 4.69) is 4.98 Å². The van der Waals surface area contributed by atoms with E-state index in [0.29, 0.717) is 25.9 Å². The lowest BCUT2D eigenvalue weighted by Crippen LogP contribution is -2.40. The third-order valence-electron chi connectivity index (χ3n) is 5.01. The molecule has 1 fully saturated rings. The maximum absolute atomic E-state index is 13.9. The quantitative estimate of drug-likeness (QED) is 0.508. The number of ether oxygens (including phenoxy) is 1. The van der Waals surface area contributed by atoms with Crippen LogP contribution in [-0.2, 0) is 26.0 Å². The molecule has 1 aliphatic rings. The molecule has 0 bridgehead atoms. The van der Waals surface area contributed by atoms with Gasteiger partial charge in [-0.05, 0) is 56.9 Å². The number of aromatic nitrogens is 1. The Labute approximate surface area is 170 Å². The average Bonchev–Trinajstić information content (AvgIpc) is 2.71. The number of halogens is 1. The second kappa shape index (κ2) is 9.45. The van der Waals surface area contributed by atoms with Gasteiger partial charge in [-0.1, -0.05) is 18.2 Å². The maximum Gasteiger partial charge on any atom is 0.309 e.